The van der Waals surface area contributed by atoms with E-state index in [2.05, 4.69) is 0 Å². The van der Waals surface area contributed by atoms with E-state index in [1.807, 2.05) is 0 Å². The van der Waals surface area contributed by atoms with Gasteiger partial charge in [0.25, 0.3) is 0 Å². The van der Waals surface area contributed by atoms with Crippen molar-refractivity contribution in [1.82, 2.24) is 0 Å². The number of hydrogen-bond donors (Lipinski definition) is 1. The van der Waals surface area contributed by atoms with E-state index in [0.29, 0.717) is 5.41 Å². The van der Waals surface area contributed by atoms with Crippen LogP contribution in [-0.4, -0.2) is 5.91 Å². The van der Waals surface area contributed by atoms with Crippen LogP contribution in [-0.2, 0) is 4.79 Å². The molecule has 0 radical (unpaired) electrons. The summed E-state index contributed by atoms with van der Waals surface area (Å²) >= 11 is 0. The minimum absolute atomic E-state index is 0.0602. The zero-order chi connectivity index (χ0) is 7.19. The lowest BCUT2D eigenvalue weighted by Crippen LogP contribution is -2.26. The smallest absolute Gasteiger partial charge is 0.221 e. The molecule has 2 heteroatoms. The average molecular weight is 139 g/mol. The Morgan fingerprint density at radius 1 is 1.40 bits per heavy atom. The van der Waals surface area contributed by atoms with Gasteiger partial charge in [0.2, 0.25) is 5.91 Å². The van der Waals surface area contributed by atoms with Crippen LogP contribution in [0.2, 0.25) is 0 Å². The molecule has 56 valence electrons. The molecule has 2 fully saturated rings. The molecular formula is C8H13NO. The first-order chi connectivity index (χ1) is 4.75. The minimum Gasteiger partial charge on any atom is -0.369 e. The SMILES string of the molecule is NC(=O)[C@H]1CCCC12CC2. The maximum atomic E-state index is 10.9. The van der Waals surface area contributed by atoms with Gasteiger partial charge in [0.1, 0.15) is 0 Å². The molecule has 2 aliphatic rings. The lowest BCUT2D eigenvalue weighted by Gasteiger charge is -2.12. The highest BCUT2D eigenvalue weighted by molar-refractivity contribution is 5.78. The molecule has 1 amide bonds. The summed E-state index contributed by atoms with van der Waals surface area (Å²) in [5.74, 6) is 0.169. The highest BCUT2D eigenvalue weighted by Gasteiger charge is 2.53. The van der Waals surface area contributed by atoms with E-state index in [9.17, 15) is 4.79 Å². The molecule has 2 N–H and O–H groups in total. The fraction of sp³-hybridized carbons (Fsp3) is 0.875. The Balaban J connectivity index is 2.14. The van der Waals surface area contributed by atoms with Gasteiger partial charge in [0, 0.05) is 5.92 Å². The first kappa shape index (κ1) is 6.20. The molecule has 0 aromatic carbocycles. The maximum Gasteiger partial charge on any atom is 0.221 e. The third kappa shape index (κ3) is 0.678. The molecule has 2 saturated carbocycles. The predicted molar refractivity (Wildman–Crippen MR) is 38.2 cm³/mol. The van der Waals surface area contributed by atoms with Crippen LogP contribution >= 0.6 is 0 Å². The number of amides is 1. The molecule has 10 heavy (non-hydrogen) atoms. The average Bonchev–Trinajstić information content (AvgIpc) is 2.42. The second-order valence-electron chi connectivity index (χ2n) is 3.71. The molecule has 0 saturated heterocycles. The van der Waals surface area contributed by atoms with Gasteiger partial charge >= 0.3 is 0 Å². The Hall–Kier alpha value is -0.530. The van der Waals surface area contributed by atoms with Crippen LogP contribution in [0.1, 0.15) is 32.1 Å². The number of hydrogen-bond acceptors (Lipinski definition) is 1. The van der Waals surface area contributed by atoms with Crippen molar-refractivity contribution < 1.29 is 4.79 Å². The van der Waals surface area contributed by atoms with Gasteiger partial charge in [-0.3, -0.25) is 4.79 Å². The summed E-state index contributed by atoms with van der Waals surface area (Å²) in [6, 6.07) is 0. The third-order valence-electron chi connectivity index (χ3n) is 3.14. The second-order valence-corrected chi connectivity index (χ2v) is 3.71. The number of carbonyl (C=O) groups is 1. The van der Waals surface area contributed by atoms with E-state index in [0.717, 1.165) is 6.42 Å². The summed E-state index contributed by atoms with van der Waals surface area (Å²) in [4.78, 5) is 10.9. The second kappa shape index (κ2) is 1.74. The van der Waals surface area contributed by atoms with Gasteiger partial charge in [-0.25, -0.2) is 0 Å². The van der Waals surface area contributed by atoms with Crippen molar-refractivity contribution in [3.8, 4) is 0 Å². The van der Waals surface area contributed by atoms with Crippen molar-refractivity contribution in [2.24, 2.45) is 17.1 Å². The van der Waals surface area contributed by atoms with Crippen LogP contribution < -0.4 is 5.73 Å². The van der Waals surface area contributed by atoms with Crippen molar-refractivity contribution in [2.45, 2.75) is 32.1 Å². The zero-order valence-corrected chi connectivity index (χ0v) is 6.10. The Morgan fingerprint density at radius 3 is 2.50 bits per heavy atom. The lowest BCUT2D eigenvalue weighted by molar-refractivity contribution is -0.123. The Bertz CT molecular complexity index is 172. The molecule has 2 aliphatic carbocycles. The number of primary amides is 1. The van der Waals surface area contributed by atoms with Crippen molar-refractivity contribution in [3.05, 3.63) is 0 Å². The monoisotopic (exact) mass is 139 g/mol. The van der Waals surface area contributed by atoms with Gasteiger partial charge in [0.15, 0.2) is 0 Å². The van der Waals surface area contributed by atoms with Crippen LogP contribution in [0.15, 0.2) is 0 Å². The van der Waals surface area contributed by atoms with E-state index in [4.69, 9.17) is 5.73 Å². The van der Waals surface area contributed by atoms with Crippen molar-refractivity contribution in [3.63, 3.8) is 0 Å². The van der Waals surface area contributed by atoms with Crippen molar-refractivity contribution >= 4 is 5.91 Å². The summed E-state index contributed by atoms with van der Waals surface area (Å²) < 4.78 is 0. The van der Waals surface area contributed by atoms with E-state index < -0.39 is 0 Å². The van der Waals surface area contributed by atoms with E-state index in [1.165, 1.54) is 25.7 Å². The normalized spacial score (nSPS) is 34.6. The molecule has 0 bridgehead atoms. The van der Waals surface area contributed by atoms with E-state index in [1.54, 1.807) is 0 Å². The molecular weight excluding hydrogens is 126 g/mol. The third-order valence-corrected chi connectivity index (χ3v) is 3.14. The number of carbonyl (C=O) groups excluding carboxylic acids is 1. The predicted octanol–water partition coefficient (Wildman–Crippen LogP) is 1.05. The standard InChI is InChI=1S/C8H13NO/c9-7(10)6-2-1-3-8(6)4-5-8/h6H,1-5H2,(H2,9,10)/t6-/m1/s1. The van der Waals surface area contributed by atoms with Gasteiger partial charge < -0.3 is 5.73 Å². The highest BCUT2D eigenvalue weighted by atomic mass is 16.1. The molecule has 2 nitrogen and oxygen atoms in total. The highest BCUT2D eigenvalue weighted by Crippen LogP contribution is 2.61. The van der Waals surface area contributed by atoms with Crippen molar-refractivity contribution in [1.29, 1.82) is 0 Å². The molecule has 0 aromatic heterocycles. The van der Waals surface area contributed by atoms with Crippen LogP contribution in [0.3, 0.4) is 0 Å². The summed E-state index contributed by atoms with van der Waals surface area (Å²) in [6.07, 6.45) is 6.02. The first-order valence-corrected chi connectivity index (χ1v) is 4.04. The van der Waals surface area contributed by atoms with Crippen LogP contribution in [0.5, 0.6) is 0 Å². The van der Waals surface area contributed by atoms with Crippen LogP contribution in [0, 0.1) is 11.3 Å². The quantitative estimate of drug-likeness (QED) is 0.579. The van der Waals surface area contributed by atoms with Gasteiger partial charge in [0.05, 0.1) is 0 Å². The van der Waals surface area contributed by atoms with Gasteiger partial charge in [-0.1, -0.05) is 6.42 Å². The van der Waals surface area contributed by atoms with E-state index in [-0.39, 0.29) is 11.8 Å². The first-order valence-electron chi connectivity index (χ1n) is 4.04. The van der Waals surface area contributed by atoms with Gasteiger partial charge in [-0.2, -0.15) is 0 Å². The largest absolute Gasteiger partial charge is 0.369 e. The fourth-order valence-corrected chi connectivity index (χ4v) is 2.34. The summed E-state index contributed by atoms with van der Waals surface area (Å²) in [7, 11) is 0. The molecule has 0 aliphatic heterocycles. The number of rotatable bonds is 1. The van der Waals surface area contributed by atoms with Gasteiger partial charge in [-0.05, 0) is 31.1 Å². The Labute approximate surface area is 60.8 Å². The molecule has 2 rings (SSSR count). The minimum atomic E-state index is -0.0602. The van der Waals surface area contributed by atoms with E-state index >= 15 is 0 Å². The summed E-state index contributed by atoms with van der Waals surface area (Å²) in [6.45, 7) is 0. The maximum absolute atomic E-state index is 10.9. The fourth-order valence-electron chi connectivity index (χ4n) is 2.34. The molecule has 1 atom stereocenters. The summed E-state index contributed by atoms with van der Waals surface area (Å²) in [5, 5.41) is 0. The topological polar surface area (TPSA) is 43.1 Å². The Morgan fingerprint density at radius 2 is 2.10 bits per heavy atom. The molecule has 0 aromatic rings. The van der Waals surface area contributed by atoms with Crippen LogP contribution in [0.4, 0.5) is 0 Å². The zero-order valence-electron chi connectivity index (χ0n) is 6.10. The van der Waals surface area contributed by atoms with Crippen LogP contribution in [0.25, 0.3) is 0 Å². The molecule has 0 heterocycles. The molecule has 0 unspecified atom stereocenters. The number of nitrogens with two attached hydrogens (primary N) is 1. The lowest BCUT2D eigenvalue weighted by atomic mass is 9.92. The van der Waals surface area contributed by atoms with Gasteiger partial charge in [-0.15, -0.1) is 0 Å². The Kier molecular flexibility index (Phi) is 1.08. The molecule has 1 spiro atoms. The summed E-state index contributed by atoms with van der Waals surface area (Å²) in [5.41, 5.74) is 5.68. The van der Waals surface area contributed by atoms with Crippen molar-refractivity contribution in [2.75, 3.05) is 0 Å².